The van der Waals surface area contributed by atoms with Gasteiger partial charge in [-0.15, -0.1) is 11.8 Å². The van der Waals surface area contributed by atoms with Crippen LogP contribution in [-0.4, -0.2) is 35.8 Å². The van der Waals surface area contributed by atoms with Crippen LogP contribution >= 0.6 is 11.8 Å². The highest BCUT2D eigenvalue weighted by Gasteiger charge is 2.44. The lowest BCUT2D eigenvalue weighted by molar-refractivity contribution is -0.155. The number of carbonyl (C=O) groups is 1. The standard InChI is InChI=1S/C17H22O4S/c1-11(14-10-19-17(2,3)21-14)13-9-15(16(18)20-13)22-12-7-5-4-6-8-12/h4-8,11,13-15H,9-10H2,1-3H3/t11-,13-,14+,15?/m1/s1. The third-order valence-corrected chi connectivity index (χ3v) is 5.42. The molecule has 0 amide bonds. The molecule has 1 aromatic rings. The van der Waals surface area contributed by atoms with Gasteiger partial charge < -0.3 is 14.2 Å². The molecule has 0 aromatic heterocycles. The van der Waals surface area contributed by atoms with Crippen molar-refractivity contribution < 1.29 is 19.0 Å². The smallest absolute Gasteiger partial charge is 0.319 e. The number of hydrogen-bond donors (Lipinski definition) is 0. The summed E-state index contributed by atoms with van der Waals surface area (Å²) in [7, 11) is 0. The molecule has 1 aromatic carbocycles. The molecule has 2 fully saturated rings. The van der Waals surface area contributed by atoms with E-state index in [1.807, 2.05) is 44.2 Å². The zero-order valence-electron chi connectivity index (χ0n) is 13.2. The van der Waals surface area contributed by atoms with Gasteiger partial charge in [0, 0.05) is 17.2 Å². The van der Waals surface area contributed by atoms with Gasteiger partial charge in [0.25, 0.3) is 0 Å². The highest BCUT2D eigenvalue weighted by molar-refractivity contribution is 8.00. The Hall–Kier alpha value is -1.04. The van der Waals surface area contributed by atoms with Crippen molar-refractivity contribution in [3.05, 3.63) is 30.3 Å². The summed E-state index contributed by atoms with van der Waals surface area (Å²) in [5, 5.41) is -0.134. The molecule has 5 heteroatoms. The molecule has 4 atom stereocenters. The number of hydrogen-bond acceptors (Lipinski definition) is 5. The van der Waals surface area contributed by atoms with E-state index in [4.69, 9.17) is 14.2 Å². The molecule has 2 aliphatic rings. The van der Waals surface area contributed by atoms with Crippen LogP contribution in [0.25, 0.3) is 0 Å². The summed E-state index contributed by atoms with van der Waals surface area (Å²) in [5.41, 5.74) is 0. The van der Waals surface area contributed by atoms with Crippen LogP contribution < -0.4 is 0 Å². The monoisotopic (exact) mass is 322 g/mol. The van der Waals surface area contributed by atoms with E-state index in [0.29, 0.717) is 6.61 Å². The van der Waals surface area contributed by atoms with Crippen molar-refractivity contribution in [2.75, 3.05) is 6.61 Å². The van der Waals surface area contributed by atoms with Gasteiger partial charge in [0.1, 0.15) is 11.4 Å². The van der Waals surface area contributed by atoms with Crippen LogP contribution in [0.5, 0.6) is 0 Å². The Bertz CT molecular complexity index is 531. The second-order valence-electron chi connectivity index (χ2n) is 6.36. The first-order valence-electron chi connectivity index (χ1n) is 7.68. The summed E-state index contributed by atoms with van der Waals surface area (Å²) in [4.78, 5) is 13.2. The Morgan fingerprint density at radius 3 is 2.59 bits per heavy atom. The Morgan fingerprint density at radius 2 is 1.95 bits per heavy atom. The van der Waals surface area contributed by atoms with E-state index in [2.05, 4.69) is 6.92 Å². The van der Waals surface area contributed by atoms with Gasteiger partial charge in [0.15, 0.2) is 5.79 Å². The number of esters is 1. The van der Waals surface area contributed by atoms with Gasteiger partial charge in [-0.2, -0.15) is 0 Å². The molecule has 0 aliphatic carbocycles. The van der Waals surface area contributed by atoms with Crippen molar-refractivity contribution in [3.8, 4) is 0 Å². The SMILES string of the molecule is C[C@@H]([C@@H]1COC(C)(C)O1)[C@H]1CC(Sc2ccccc2)C(=O)O1. The maximum Gasteiger partial charge on any atom is 0.319 e. The normalized spacial score (nSPS) is 32.0. The summed E-state index contributed by atoms with van der Waals surface area (Å²) < 4.78 is 17.1. The van der Waals surface area contributed by atoms with E-state index in [0.717, 1.165) is 11.3 Å². The molecule has 2 heterocycles. The molecule has 2 aliphatic heterocycles. The molecule has 0 spiro atoms. The van der Waals surface area contributed by atoms with Gasteiger partial charge in [-0.05, 0) is 26.0 Å². The first-order valence-corrected chi connectivity index (χ1v) is 8.56. The maximum atomic E-state index is 12.1. The Morgan fingerprint density at radius 1 is 1.23 bits per heavy atom. The first kappa shape index (κ1) is 15.8. The number of cyclic esters (lactones) is 1. The van der Waals surface area contributed by atoms with E-state index in [1.165, 1.54) is 0 Å². The topological polar surface area (TPSA) is 44.8 Å². The van der Waals surface area contributed by atoms with Crippen LogP contribution in [0, 0.1) is 5.92 Å². The largest absolute Gasteiger partial charge is 0.461 e. The molecule has 0 N–H and O–H groups in total. The van der Waals surface area contributed by atoms with Crippen molar-refractivity contribution in [2.45, 2.75) is 55.3 Å². The fraction of sp³-hybridized carbons (Fsp3) is 0.588. The van der Waals surface area contributed by atoms with Crippen molar-refractivity contribution >= 4 is 17.7 Å². The van der Waals surface area contributed by atoms with Crippen LogP contribution in [0.15, 0.2) is 35.2 Å². The summed E-state index contributed by atoms with van der Waals surface area (Å²) >= 11 is 1.58. The van der Waals surface area contributed by atoms with Crippen LogP contribution in [-0.2, 0) is 19.0 Å². The van der Waals surface area contributed by atoms with Gasteiger partial charge >= 0.3 is 5.97 Å². The number of carbonyl (C=O) groups excluding carboxylic acids is 1. The minimum atomic E-state index is -0.542. The van der Waals surface area contributed by atoms with Crippen molar-refractivity contribution in [3.63, 3.8) is 0 Å². The predicted octanol–water partition coefficient (Wildman–Crippen LogP) is 3.25. The molecule has 1 unspecified atom stereocenters. The summed E-state index contributed by atoms with van der Waals surface area (Å²) in [6, 6.07) is 9.97. The quantitative estimate of drug-likeness (QED) is 0.796. The van der Waals surface area contributed by atoms with Crippen molar-refractivity contribution in [1.82, 2.24) is 0 Å². The second kappa shape index (κ2) is 6.22. The van der Waals surface area contributed by atoms with Gasteiger partial charge in [0.05, 0.1) is 12.7 Å². The lowest BCUT2D eigenvalue weighted by atomic mass is 9.96. The zero-order valence-corrected chi connectivity index (χ0v) is 14.0. The lowest BCUT2D eigenvalue weighted by Crippen LogP contribution is -2.32. The predicted molar refractivity (Wildman–Crippen MR) is 84.7 cm³/mol. The lowest BCUT2D eigenvalue weighted by Gasteiger charge is -2.24. The average molecular weight is 322 g/mol. The molecule has 3 rings (SSSR count). The summed E-state index contributed by atoms with van der Waals surface area (Å²) in [6.45, 7) is 6.45. The molecule has 0 saturated carbocycles. The Labute approximate surface area is 135 Å². The Balaban J connectivity index is 1.60. The Kier molecular flexibility index (Phi) is 4.48. The van der Waals surface area contributed by atoms with E-state index < -0.39 is 5.79 Å². The molecule has 0 bridgehead atoms. The number of thioether (sulfide) groups is 1. The third-order valence-electron chi connectivity index (χ3n) is 4.20. The fourth-order valence-corrected chi connectivity index (χ4v) is 3.96. The van der Waals surface area contributed by atoms with E-state index in [1.54, 1.807) is 11.8 Å². The molecular formula is C17H22O4S. The summed E-state index contributed by atoms with van der Waals surface area (Å²) in [5.74, 6) is -0.532. The molecular weight excluding hydrogens is 300 g/mol. The van der Waals surface area contributed by atoms with Gasteiger partial charge in [-0.25, -0.2) is 0 Å². The average Bonchev–Trinajstić information content (AvgIpc) is 3.03. The fourth-order valence-electron chi connectivity index (χ4n) is 2.88. The highest BCUT2D eigenvalue weighted by Crippen LogP contribution is 2.37. The molecule has 4 nitrogen and oxygen atoms in total. The number of rotatable bonds is 4. The number of benzene rings is 1. The molecule has 22 heavy (non-hydrogen) atoms. The number of ether oxygens (including phenoxy) is 3. The van der Waals surface area contributed by atoms with Crippen LogP contribution in [0.2, 0.25) is 0 Å². The van der Waals surface area contributed by atoms with E-state index in [-0.39, 0.29) is 29.3 Å². The molecule has 120 valence electrons. The summed E-state index contributed by atoms with van der Waals surface area (Å²) in [6.07, 6.45) is 0.601. The first-order chi connectivity index (χ1) is 10.4. The third kappa shape index (κ3) is 3.47. The van der Waals surface area contributed by atoms with Gasteiger partial charge in [-0.3, -0.25) is 4.79 Å². The van der Waals surface area contributed by atoms with E-state index in [9.17, 15) is 4.79 Å². The minimum absolute atomic E-state index is 0.0201. The van der Waals surface area contributed by atoms with E-state index >= 15 is 0 Å². The second-order valence-corrected chi connectivity index (χ2v) is 7.63. The van der Waals surface area contributed by atoms with Crippen LogP contribution in [0.1, 0.15) is 27.2 Å². The van der Waals surface area contributed by atoms with Crippen molar-refractivity contribution in [2.24, 2.45) is 5.92 Å². The molecule has 2 saturated heterocycles. The van der Waals surface area contributed by atoms with Crippen molar-refractivity contribution in [1.29, 1.82) is 0 Å². The van der Waals surface area contributed by atoms with Crippen LogP contribution in [0.4, 0.5) is 0 Å². The highest BCUT2D eigenvalue weighted by atomic mass is 32.2. The minimum Gasteiger partial charge on any atom is -0.461 e. The zero-order chi connectivity index (χ0) is 15.7. The van der Waals surface area contributed by atoms with Gasteiger partial charge in [-0.1, -0.05) is 25.1 Å². The van der Waals surface area contributed by atoms with Crippen LogP contribution in [0.3, 0.4) is 0 Å². The molecule has 0 radical (unpaired) electrons. The maximum absolute atomic E-state index is 12.1. The van der Waals surface area contributed by atoms with Gasteiger partial charge in [0.2, 0.25) is 0 Å².